The second-order valence-electron chi connectivity index (χ2n) is 4.79. The molecular formula is C14H16F3NO2S. The van der Waals surface area contributed by atoms with Gasteiger partial charge in [-0.25, -0.2) is 0 Å². The highest BCUT2D eigenvalue weighted by Crippen LogP contribution is 2.27. The lowest BCUT2D eigenvalue weighted by atomic mass is 10.2. The van der Waals surface area contributed by atoms with E-state index in [0.29, 0.717) is 0 Å². The molecule has 1 aliphatic heterocycles. The summed E-state index contributed by atoms with van der Waals surface area (Å²) >= 11 is 1.34. The van der Waals surface area contributed by atoms with E-state index >= 15 is 0 Å². The molecule has 0 saturated carbocycles. The van der Waals surface area contributed by atoms with Crippen molar-refractivity contribution >= 4 is 17.7 Å². The molecule has 2 rings (SSSR count). The molecule has 0 bridgehead atoms. The van der Waals surface area contributed by atoms with Gasteiger partial charge in [0.25, 0.3) is 0 Å². The van der Waals surface area contributed by atoms with Crippen LogP contribution in [0.2, 0.25) is 0 Å². The number of morpholine rings is 1. The summed E-state index contributed by atoms with van der Waals surface area (Å²) < 4.78 is 42.5. The fraction of sp³-hybridized carbons (Fsp3) is 0.500. The average Bonchev–Trinajstić information content (AvgIpc) is 2.45. The molecule has 1 fully saturated rings. The zero-order valence-electron chi connectivity index (χ0n) is 11.5. The zero-order valence-corrected chi connectivity index (χ0v) is 12.3. The van der Waals surface area contributed by atoms with E-state index in [1.165, 1.54) is 16.7 Å². The second kappa shape index (κ2) is 6.70. The van der Waals surface area contributed by atoms with Gasteiger partial charge in [0.1, 0.15) is 0 Å². The first-order valence-corrected chi connectivity index (χ1v) is 7.51. The molecule has 0 aromatic heterocycles. The van der Waals surface area contributed by atoms with Crippen molar-refractivity contribution in [3.63, 3.8) is 0 Å². The lowest BCUT2D eigenvalue weighted by Gasteiger charge is -2.33. The summed E-state index contributed by atoms with van der Waals surface area (Å²) in [6, 6.07) is 7.59. The van der Waals surface area contributed by atoms with Crippen LogP contribution in [0.25, 0.3) is 0 Å². The van der Waals surface area contributed by atoms with Gasteiger partial charge in [-0.2, -0.15) is 13.2 Å². The lowest BCUT2D eigenvalue weighted by Crippen LogP contribution is -2.51. The maximum atomic E-state index is 12.6. The highest BCUT2D eigenvalue weighted by Gasteiger charge is 2.44. The summed E-state index contributed by atoms with van der Waals surface area (Å²) in [6.07, 6.45) is -6.30. The Morgan fingerprint density at radius 2 is 2.14 bits per heavy atom. The third-order valence-corrected chi connectivity index (χ3v) is 4.39. The van der Waals surface area contributed by atoms with E-state index in [2.05, 4.69) is 4.74 Å². The largest absolute Gasteiger partial charge is 0.416 e. The molecule has 0 spiro atoms. The van der Waals surface area contributed by atoms with Crippen molar-refractivity contribution in [3.8, 4) is 0 Å². The fourth-order valence-corrected chi connectivity index (χ4v) is 2.96. The number of amides is 1. The first-order valence-electron chi connectivity index (χ1n) is 6.52. The van der Waals surface area contributed by atoms with Crippen LogP contribution in [-0.2, 0) is 9.53 Å². The summed E-state index contributed by atoms with van der Waals surface area (Å²) in [5.74, 6) is -0.157. The third kappa shape index (κ3) is 4.38. The summed E-state index contributed by atoms with van der Waals surface area (Å²) in [7, 11) is 0. The van der Waals surface area contributed by atoms with Crippen LogP contribution in [0, 0.1) is 6.92 Å². The van der Waals surface area contributed by atoms with E-state index in [-0.39, 0.29) is 24.8 Å². The lowest BCUT2D eigenvalue weighted by molar-refractivity contribution is -0.236. The Morgan fingerprint density at radius 3 is 2.81 bits per heavy atom. The van der Waals surface area contributed by atoms with Crippen molar-refractivity contribution in [2.75, 3.05) is 25.4 Å². The molecule has 1 atom stereocenters. The smallest absolute Gasteiger partial charge is 0.365 e. The fourth-order valence-electron chi connectivity index (χ4n) is 2.02. The molecule has 21 heavy (non-hydrogen) atoms. The van der Waals surface area contributed by atoms with Crippen LogP contribution in [0.5, 0.6) is 0 Å². The molecule has 7 heteroatoms. The third-order valence-electron chi connectivity index (χ3n) is 3.23. The van der Waals surface area contributed by atoms with Gasteiger partial charge in [-0.3, -0.25) is 4.79 Å². The van der Waals surface area contributed by atoms with Crippen molar-refractivity contribution in [2.45, 2.75) is 24.1 Å². The van der Waals surface area contributed by atoms with Crippen LogP contribution in [0.4, 0.5) is 13.2 Å². The van der Waals surface area contributed by atoms with Crippen LogP contribution in [-0.4, -0.2) is 48.5 Å². The monoisotopic (exact) mass is 319 g/mol. The Morgan fingerprint density at radius 1 is 1.43 bits per heavy atom. The van der Waals surface area contributed by atoms with Crippen molar-refractivity contribution in [1.29, 1.82) is 0 Å². The summed E-state index contributed by atoms with van der Waals surface area (Å²) in [4.78, 5) is 14.2. The Bertz CT molecular complexity index is 507. The molecular weight excluding hydrogens is 303 g/mol. The number of benzene rings is 1. The van der Waals surface area contributed by atoms with Gasteiger partial charge in [-0.1, -0.05) is 18.2 Å². The molecule has 1 saturated heterocycles. The number of ether oxygens (including phenoxy) is 1. The van der Waals surface area contributed by atoms with Gasteiger partial charge in [0.2, 0.25) is 5.91 Å². The molecule has 0 N–H and O–H groups in total. The van der Waals surface area contributed by atoms with E-state index in [0.717, 1.165) is 10.5 Å². The van der Waals surface area contributed by atoms with Crippen molar-refractivity contribution in [1.82, 2.24) is 4.90 Å². The number of halogens is 3. The number of nitrogens with zero attached hydrogens (tertiary/aromatic N) is 1. The number of alkyl halides is 3. The zero-order chi connectivity index (χ0) is 15.5. The molecule has 116 valence electrons. The number of thioether (sulfide) groups is 1. The van der Waals surface area contributed by atoms with Crippen LogP contribution < -0.4 is 0 Å². The molecule has 1 aromatic carbocycles. The van der Waals surface area contributed by atoms with Gasteiger partial charge >= 0.3 is 6.18 Å². The van der Waals surface area contributed by atoms with E-state index in [9.17, 15) is 18.0 Å². The number of carbonyl (C=O) groups is 1. The van der Waals surface area contributed by atoms with Crippen LogP contribution in [0.1, 0.15) is 5.56 Å². The summed E-state index contributed by atoms with van der Waals surface area (Å²) in [5, 5.41) is 0. The van der Waals surface area contributed by atoms with Gasteiger partial charge in [0.15, 0.2) is 6.10 Å². The summed E-state index contributed by atoms with van der Waals surface area (Å²) in [6.45, 7) is 1.64. The van der Waals surface area contributed by atoms with Crippen molar-refractivity contribution < 1.29 is 22.7 Å². The molecule has 3 nitrogen and oxygen atoms in total. The Hall–Kier alpha value is -1.21. The van der Waals surface area contributed by atoms with E-state index < -0.39 is 18.8 Å². The quantitative estimate of drug-likeness (QED) is 0.803. The van der Waals surface area contributed by atoms with Gasteiger partial charge in [0, 0.05) is 11.4 Å². The highest BCUT2D eigenvalue weighted by molar-refractivity contribution is 8.00. The molecule has 1 aliphatic rings. The number of rotatable bonds is 3. The average molecular weight is 319 g/mol. The first-order chi connectivity index (χ1) is 9.88. The van der Waals surface area contributed by atoms with Crippen LogP contribution in [0.3, 0.4) is 0 Å². The SMILES string of the molecule is Cc1ccccc1SCC(=O)N1CCO[C@H](C(F)(F)F)C1. The second-order valence-corrected chi connectivity index (χ2v) is 5.81. The minimum atomic E-state index is -4.43. The van der Waals surface area contributed by atoms with E-state index in [4.69, 9.17) is 0 Å². The normalized spacial score (nSPS) is 19.6. The number of hydrogen-bond donors (Lipinski definition) is 0. The van der Waals surface area contributed by atoms with Crippen LogP contribution in [0.15, 0.2) is 29.2 Å². The van der Waals surface area contributed by atoms with Gasteiger partial charge < -0.3 is 9.64 Å². The standard InChI is InChI=1S/C14H16F3NO2S/c1-10-4-2-3-5-11(10)21-9-13(19)18-6-7-20-12(8-18)14(15,16)17/h2-5,12H,6-9H2,1H3/t12-/m0/s1. The van der Waals surface area contributed by atoms with Gasteiger partial charge in [-0.05, 0) is 18.6 Å². The molecule has 1 amide bonds. The highest BCUT2D eigenvalue weighted by atomic mass is 32.2. The minimum Gasteiger partial charge on any atom is -0.365 e. The molecule has 0 aliphatic carbocycles. The topological polar surface area (TPSA) is 29.5 Å². The Kier molecular flexibility index (Phi) is 5.16. The van der Waals surface area contributed by atoms with Crippen molar-refractivity contribution in [2.24, 2.45) is 0 Å². The van der Waals surface area contributed by atoms with Gasteiger partial charge in [-0.15, -0.1) is 11.8 Å². The Labute approximate surface area is 125 Å². The molecule has 1 aromatic rings. The maximum absolute atomic E-state index is 12.6. The summed E-state index contributed by atoms with van der Waals surface area (Å²) in [5.41, 5.74) is 1.05. The number of carbonyl (C=O) groups excluding carboxylic acids is 1. The number of hydrogen-bond acceptors (Lipinski definition) is 3. The first kappa shape index (κ1) is 16.2. The van der Waals surface area contributed by atoms with Crippen LogP contribution >= 0.6 is 11.8 Å². The maximum Gasteiger partial charge on any atom is 0.416 e. The predicted octanol–water partition coefficient (Wildman–Crippen LogP) is 2.88. The van der Waals surface area contributed by atoms with E-state index in [1.54, 1.807) is 0 Å². The molecule has 0 radical (unpaired) electrons. The molecule has 1 heterocycles. The molecule has 0 unspecified atom stereocenters. The Balaban J connectivity index is 1.90. The minimum absolute atomic E-state index is 0.0784. The predicted molar refractivity (Wildman–Crippen MR) is 74.3 cm³/mol. The number of aryl methyl sites for hydroxylation is 1. The van der Waals surface area contributed by atoms with Crippen molar-refractivity contribution in [3.05, 3.63) is 29.8 Å². The van der Waals surface area contributed by atoms with E-state index in [1.807, 2.05) is 31.2 Å². The van der Waals surface area contributed by atoms with Gasteiger partial charge in [0.05, 0.1) is 18.9 Å².